The topological polar surface area (TPSA) is 60.0 Å². The first-order valence-corrected chi connectivity index (χ1v) is 10.4. The Morgan fingerprint density at radius 2 is 1.68 bits per heavy atom. The van der Waals surface area contributed by atoms with Crippen molar-refractivity contribution in [2.75, 3.05) is 13.1 Å². The third-order valence-electron chi connectivity index (χ3n) is 4.99. The minimum atomic E-state index is 0.593. The number of hydrogen-bond donors (Lipinski definition) is 0. The highest BCUT2D eigenvalue weighted by Crippen LogP contribution is 2.30. The Balaban J connectivity index is 1.46. The molecule has 5 rings (SSSR count). The fourth-order valence-electron chi connectivity index (χ4n) is 3.55. The Morgan fingerprint density at radius 3 is 2.50 bits per heavy atom. The number of fused-ring (bicyclic) bond motifs is 1. The summed E-state index contributed by atoms with van der Waals surface area (Å²) in [4.78, 5) is 7.02. The van der Waals surface area contributed by atoms with Crippen LogP contribution >= 0.6 is 11.8 Å². The Bertz CT molecular complexity index is 1040. The summed E-state index contributed by atoms with van der Waals surface area (Å²) in [5.41, 5.74) is 2.87. The molecule has 7 heteroatoms. The highest BCUT2D eigenvalue weighted by molar-refractivity contribution is 7.99. The molecule has 0 amide bonds. The fraction of sp³-hybridized carbons (Fsp3) is 0.286. The van der Waals surface area contributed by atoms with E-state index in [-0.39, 0.29) is 0 Å². The predicted octanol–water partition coefficient (Wildman–Crippen LogP) is 4.21. The van der Waals surface area contributed by atoms with Gasteiger partial charge in [0.1, 0.15) is 11.3 Å². The van der Waals surface area contributed by atoms with Gasteiger partial charge < -0.3 is 8.98 Å². The lowest BCUT2D eigenvalue weighted by Gasteiger charge is -2.15. The van der Waals surface area contributed by atoms with Crippen LogP contribution in [0.15, 0.2) is 69.4 Å². The van der Waals surface area contributed by atoms with Crippen molar-refractivity contribution in [3.63, 3.8) is 0 Å². The first kappa shape index (κ1) is 17.5. The molecule has 4 aromatic rings. The zero-order valence-corrected chi connectivity index (χ0v) is 16.3. The van der Waals surface area contributed by atoms with Gasteiger partial charge in [-0.15, -0.1) is 10.2 Å². The molecule has 1 fully saturated rings. The number of para-hydroxylation sites is 2. The molecule has 0 radical (unpaired) electrons. The molecule has 1 saturated heterocycles. The van der Waals surface area contributed by atoms with Crippen LogP contribution in [0.3, 0.4) is 0 Å². The first-order valence-electron chi connectivity index (χ1n) is 9.57. The van der Waals surface area contributed by atoms with Crippen LogP contribution in [0, 0.1) is 0 Å². The second-order valence-corrected chi connectivity index (χ2v) is 7.92. The van der Waals surface area contributed by atoms with Gasteiger partial charge in [0.25, 0.3) is 5.22 Å². The third-order valence-corrected chi connectivity index (χ3v) is 5.83. The van der Waals surface area contributed by atoms with Crippen molar-refractivity contribution < 1.29 is 4.42 Å². The lowest BCUT2D eigenvalue weighted by molar-refractivity contribution is 0.316. The summed E-state index contributed by atoms with van der Waals surface area (Å²) in [5, 5.41) is 10.4. The molecule has 0 unspecified atom stereocenters. The van der Waals surface area contributed by atoms with Gasteiger partial charge in [-0.05, 0) is 43.6 Å². The number of oxazole rings is 1. The van der Waals surface area contributed by atoms with Crippen molar-refractivity contribution in [2.24, 2.45) is 0 Å². The zero-order chi connectivity index (χ0) is 18.8. The number of nitrogens with zero attached hydrogens (tertiary/aromatic N) is 5. The lowest BCUT2D eigenvalue weighted by atomic mass is 10.2. The van der Waals surface area contributed by atoms with Crippen LogP contribution in [0.2, 0.25) is 0 Å². The predicted molar refractivity (Wildman–Crippen MR) is 108 cm³/mol. The Hall–Kier alpha value is -2.64. The van der Waals surface area contributed by atoms with E-state index in [1.807, 2.05) is 30.3 Å². The van der Waals surface area contributed by atoms with Gasteiger partial charge in [-0.2, -0.15) is 0 Å². The van der Waals surface area contributed by atoms with Crippen molar-refractivity contribution in [1.82, 2.24) is 24.6 Å². The molecule has 0 saturated carbocycles. The molecule has 0 N–H and O–H groups in total. The standard InChI is InChI=1S/C21H21N5OS/c1-2-8-16(9-3-1)14-26-19(15-25-12-6-7-13-25)23-24-20(26)28-21-22-17-10-4-5-11-18(17)27-21/h1-5,8-11H,6-7,12-15H2. The Morgan fingerprint density at radius 1 is 0.893 bits per heavy atom. The van der Waals surface area contributed by atoms with Crippen LogP contribution in [0.1, 0.15) is 24.2 Å². The van der Waals surface area contributed by atoms with Crippen LogP contribution < -0.4 is 0 Å². The van der Waals surface area contributed by atoms with Crippen molar-refractivity contribution in [2.45, 2.75) is 36.3 Å². The van der Waals surface area contributed by atoms with Gasteiger partial charge in [0.2, 0.25) is 5.16 Å². The van der Waals surface area contributed by atoms with E-state index in [2.05, 4.69) is 48.9 Å². The largest absolute Gasteiger partial charge is 0.431 e. The molecule has 2 aromatic heterocycles. The van der Waals surface area contributed by atoms with Crippen LogP contribution in [0.25, 0.3) is 11.1 Å². The molecule has 3 heterocycles. The maximum absolute atomic E-state index is 5.88. The summed E-state index contributed by atoms with van der Waals surface area (Å²) in [6.07, 6.45) is 2.52. The minimum absolute atomic E-state index is 0.593. The average Bonchev–Trinajstić information content (AvgIpc) is 3.45. The summed E-state index contributed by atoms with van der Waals surface area (Å²) in [6, 6.07) is 18.2. The maximum Gasteiger partial charge on any atom is 0.264 e. The SMILES string of the molecule is c1ccc(Cn2c(CN3CCCC3)nnc2Sc2nc3ccccc3o2)cc1. The Labute approximate surface area is 167 Å². The van der Waals surface area contributed by atoms with Gasteiger partial charge in [0, 0.05) is 11.8 Å². The van der Waals surface area contributed by atoms with E-state index in [1.165, 1.54) is 30.2 Å². The average molecular weight is 392 g/mol. The van der Waals surface area contributed by atoms with Gasteiger partial charge in [-0.3, -0.25) is 4.90 Å². The molecule has 142 valence electrons. The second kappa shape index (κ2) is 7.77. The van der Waals surface area contributed by atoms with E-state index in [0.29, 0.717) is 5.22 Å². The van der Waals surface area contributed by atoms with E-state index >= 15 is 0 Å². The van der Waals surface area contributed by atoms with Crippen LogP contribution in [0.4, 0.5) is 0 Å². The van der Waals surface area contributed by atoms with E-state index < -0.39 is 0 Å². The smallest absolute Gasteiger partial charge is 0.264 e. The van der Waals surface area contributed by atoms with Crippen molar-refractivity contribution in [3.05, 3.63) is 66.0 Å². The van der Waals surface area contributed by atoms with Crippen LogP contribution in [-0.4, -0.2) is 37.7 Å². The van der Waals surface area contributed by atoms with Gasteiger partial charge in [-0.1, -0.05) is 42.5 Å². The molecule has 6 nitrogen and oxygen atoms in total. The molecule has 1 aliphatic heterocycles. The third kappa shape index (κ3) is 3.68. The fourth-order valence-corrected chi connectivity index (χ4v) is 4.34. The molecule has 0 aliphatic carbocycles. The molecule has 28 heavy (non-hydrogen) atoms. The number of likely N-dealkylation sites (tertiary alicyclic amines) is 1. The Kier molecular flexibility index (Phi) is 4.85. The monoisotopic (exact) mass is 391 g/mol. The van der Waals surface area contributed by atoms with E-state index in [4.69, 9.17) is 4.42 Å². The summed E-state index contributed by atoms with van der Waals surface area (Å²) in [7, 11) is 0. The van der Waals surface area contributed by atoms with E-state index in [0.717, 1.165) is 48.3 Å². The number of aromatic nitrogens is 4. The van der Waals surface area contributed by atoms with Crippen molar-refractivity contribution >= 4 is 22.9 Å². The highest BCUT2D eigenvalue weighted by Gasteiger charge is 2.20. The molecular weight excluding hydrogens is 370 g/mol. The molecule has 0 atom stereocenters. The summed E-state index contributed by atoms with van der Waals surface area (Å²) in [5.74, 6) is 0.990. The maximum atomic E-state index is 5.88. The molecule has 1 aliphatic rings. The van der Waals surface area contributed by atoms with Crippen molar-refractivity contribution in [1.29, 1.82) is 0 Å². The summed E-state index contributed by atoms with van der Waals surface area (Å²) in [6.45, 7) is 3.82. The van der Waals surface area contributed by atoms with E-state index in [9.17, 15) is 0 Å². The number of benzene rings is 2. The zero-order valence-electron chi connectivity index (χ0n) is 15.5. The van der Waals surface area contributed by atoms with Gasteiger partial charge in [-0.25, -0.2) is 4.98 Å². The second-order valence-electron chi connectivity index (χ2n) is 7.00. The normalized spacial score (nSPS) is 14.9. The van der Waals surface area contributed by atoms with E-state index in [1.54, 1.807) is 0 Å². The lowest BCUT2D eigenvalue weighted by Crippen LogP contribution is -2.21. The highest BCUT2D eigenvalue weighted by atomic mass is 32.2. The first-order chi connectivity index (χ1) is 13.8. The molecule has 2 aromatic carbocycles. The molecular formula is C21H21N5OS. The van der Waals surface area contributed by atoms with Gasteiger partial charge in [0.15, 0.2) is 5.58 Å². The van der Waals surface area contributed by atoms with Crippen molar-refractivity contribution in [3.8, 4) is 0 Å². The number of hydrogen-bond acceptors (Lipinski definition) is 6. The van der Waals surface area contributed by atoms with Crippen LogP contribution in [0.5, 0.6) is 0 Å². The summed E-state index contributed by atoms with van der Waals surface area (Å²) >= 11 is 1.43. The van der Waals surface area contributed by atoms with Gasteiger partial charge in [0.05, 0.1) is 13.1 Å². The van der Waals surface area contributed by atoms with Gasteiger partial charge >= 0.3 is 0 Å². The number of rotatable bonds is 6. The molecule has 0 bridgehead atoms. The van der Waals surface area contributed by atoms with Crippen LogP contribution in [-0.2, 0) is 13.1 Å². The summed E-state index contributed by atoms with van der Waals surface area (Å²) < 4.78 is 8.07. The molecule has 0 spiro atoms. The minimum Gasteiger partial charge on any atom is -0.431 e. The quantitative estimate of drug-likeness (QED) is 0.491.